The summed E-state index contributed by atoms with van der Waals surface area (Å²) in [5.41, 5.74) is 3.69. The van der Waals surface area contributed by atoms with E-state index < -0.39 is 18.3 Å². The van der Waals surface area contributed by atoms with Gasteiger partial charge in [-0.1, -0.05) is 0 Å². The minimum atomic E-state index is -1.34. The molecule has 47 heavy (non-hydrogen) atoms. The van der Waals surface area contributed by atoms with Gasteiger partial charge in [0.05, 0.1) is 13.2 Å². The number of carbonyl (C=O) groups excluding carboxylic acids is 2. The van der Waals surface area contributed by atoms with Crippen LogP contribution < -0.4 is 20.3 Å². The molecule has 4 atom stereocenters. The molecular weight excluding hydrogens is 603 g/mol. The van der Waals surface area contributed by atoms with E-state index in [-0.39, 0.29) is 18.4 Å². The number of aryl methyl sites for hydroxylation is 1. The summed E-state index contributed by atoms with van der Waals surface area (Å²) in [4.78, 5) is 44.0. The Bertz CT molecular complexity index is 1580. The van der Waals surface area contributed by atoms with E-state index in [9.17, 15) is 9.59 Å². The van der Waals surface area contributed by atoms with E-state index in [1.54, 1.807) is 6.07 Å². The molecule has 5 heterocycles. The molecule has 2 N–H and O–H groups in total. The van der Waals surface area contributed by atoms with Crippen LogP contribution in [-0.4, -0.2) is 113 Å². The van der Waals surface area contributed by atoms with Gasteiger partial charge in [-0.05, 0) is 67.8 Å². The summed E-state index contributed by atoms with van der Waals surface area (Å²) in [5.74, 6) is 1.16. The second-order valence-corrected chi connectivity index (χ2v) is 12.7. The van der Waals surface area contributed by atoms with Crippen LogP contribution >= 0.6 is 0 Å². The van der Waals surface area contributed by atoms with Gasteiger partial charge in [-0.2, -0.15) is 4.98 Å². The predicted molar refractivity (Wildman–Crippen MR) is 174 cm³/mol. The van der Waals surface area contributed by atoms with E-state index in [0.29, 0.717) is 49.4 Å². The van der Waals surface area contributed by atoms with Gasteiger partial charge in [-0.3, -0.25) is 14.5 Å². The molecular formula is C34H41FN8O4. The fourth-order valence-electron chi connectivity index (χ4n) is 6.86. The van der Waals surface area contributed by atoms with Crippen LogP contribution in [0, 0.1) is 6.92 Å². The van der Waals surface area contributed by atoms with Crippen LogP contribution in [0.15, 0.2) is 48.8 Å². The number of hydrogen-bond donors (Lipinski definition) is 2. The number of anilines is 3. The number of ether oxygens (including phenoxy) is 2. The number of aromatic nitrogens is 3. The molecule has 4 aliphatic rings. The molecule has 13 heteroatoms. The van der Waals surface area contributed by atoms with Crippen molar-refractivity contribution >= 4 is 29.1 Å². The first-order chi connectivity index (χ1) is 22.9. The number of benzene rings is 2. The number of nitrogens with zero attached hydrogens (tertiary/aromatic N) is 6. The van der Waals surface area contributed by atoms with Crippen molar-refractivity contribution < 1.29 is 23.5 Å². The lowest BCUT2D eigenvalue weighted by molar-refractivity contribution is -0.138. The van der Waals surface area contributed by atoms with Gasteiger partial charge in [0, 0.05) is 75.2 Å². The molecule has 2 aromatic carbocycles. The molecule has 1 aromatic heterocycles. The maximum atomic E-state index is 15.1. The third-order valence-electron chi connectivity index (χ3n) is 9.60. The smallest absolute Gasteiger partial charge is 0.245 e. The number of alkyl halides is 1. The molecule has 0 spiro atoms. The molecule has 0 saturated carbocycles. The summed E-state index contributed by atoms with van der Waals surface area (Å²) in [7, 11) is 0. The number of likely N-dealkylation sites (tertiary alicyclic amines) is 1. The SMILES string of the molecule is Cc1cc(-c2ncnc(Nc3ccc(N4CCN(C5CCOC5)CC4)cc3)n2)ccc1OC1CCN(C(=O)[C@@H]2CCC(=O)N2)C[C@H]1F. The maximum absolute atomic E-state index is 15.1. The molecule has 4 fully saturated rings. The van der Waals surface area contributed by atoms with Gasteiger partial charge in [0.2, 0.25) is 17.8 Å². The highest BCUT2D eigenvalue weighted by atomic mass is 19.1. The van der Waals surface area contributed by atoms with Crippen molar-refractivity contribution in [1.82, 2.24) is 30.1 Å². The van der Waals surface area contributed by atoms with Crippen molar-refractivity contribution in [2.24, 2.45) is 0 Å². The number of nitrogens with one attached hydrogen (secondary N) is 2. The zero-order valence-corrected chi connectivity index (χ0v) is 26.6. The van der Waals surface area contributed by atoms with E-state index in [4.69, 9.17) is 9.47 Å². The number of halogens is 1. The highest BCUT2D eigenvalue weighted by Crippen LogP contribution is 2.29. The van der Waals surface area contributed by atoms with Crippen LogP contribution in [0.1, 0.15) is 31.2 Å². The molecule has 3 aromatic rings. The number of carbonyl (C=O) groups is 2. The van der Waals surface area contributed by atoms with E-state index >= 15 is 4.39 Å². The first kappa shape index (κ1) is 31.3. The van der Waals surface area contributed by atoms with E-state index in [2.05, 4.69) is 47.5 Å². The van der Waals surface area contributed by atoms with Gasteiger partial charge >= 0.3 is 0 Å². The first-order valence-corrected chi connectivity index (χ1v) is 16.5. The lowest BCUT2D eigenvalue weighted by Gasteiger charge is -2.38. The largest absolute Gasteiger partial charge is 0.487 e. The Kier molecular flexibility index (Phi) is 9.16. The van der Waals surface area contributed by atoms with Crippen LogP contribution in [0.25, 0.3) is 11.4 Å². The topological polar surface area (TPSA) is 125 Å². The van der Waals surface area contributed by atoms with E-state index in [1.807, 2.05) is 31.2 Å². The van der Waals surface area contributed by atoms with E-state index in [1.165, 1.54) is 16.9 Å². The molecule has 0 radical (unpaired) electrons. The van der Waals surface area contributed by atoms with E-state index in [0.717, 1.165) is 62.6 Å². The molecule has 0 bridgehead atoms. The Morgan fingerprint density at radius 2 is 1.87 bits per heavy atom. The van der Waals surface area contributed by atoms with Crippen molar-refractivity contribution in [3.8, 4) is 17.1 Å². The number of hydrogen-bond acceptors (Lipinski definition) is 10. The van der Waals surface area contributed by atoms with Gasteiger partial charge in [0.1, 0.15) is 24.2 Å². The van der Waals surface area contributed by atoms with Crippen LogP contribution in [0.4, 0.5) is 21.7 Å². The predicted octanol–water partition coefficient (Wildman–Crippen LogP) is 3.10. The Morgan fingerprint density at radius 3 is 2.57 bits per heavy atom. The van der Waals surface area contributed by atoms with Crippen LogP contribution in [0.5, 0.6) is 5.75 Å². The summed E-state index contributed by atoms with van der Waals surface area (Å²) < 4.78 is 26.8. The molecule has 248 valence electrons. The van der Waals surface area contributed by atoms with Gasteiger partial charge in [-0.15, -0.1) is 0 Å². The average Bonchev–Trinajstić information content (AvgIpc) is 3.79. The summed E-state index contributed by atoms with van der Waals surface area (Å²) in [6, 6.07) is 13.9. The van der Waals surface area contributed by atoms with Crippen molar-refractivity contribution in [1.29, 1.82) is 0 Å². The third kappa shape index (κ3) is 7.15. The zero-order valence-electron chi connectivity index (χ0n) is 26.6. The average molecular weight is 645 g/mol. The second kappa shape index (κ2) is 13.8. The molecule has 2 unspecified atom stereocenters. The van der Waals surface area contributed by atoms with Crippen LogP contribution in [0.3, 0.4) is 0 Å². The van der Waals surface area contributed by atoms with Crippen LogP contribution in [0.2, 0.25) is 0 Å². The monoisotopic (exact) mass is 644 g/mol. The van der Waals surface area contributed by atoms with Crippen molar-refractivity contribution in [2.45, 2.75) is 57.0 Å². The fraction of sp³-hybridized carbons (Fsp3) is 0.500. The van der Waals surface area contributed by atoms with Gasteiger partial charge in [0.15, 0.2) is 12.0 Å². The maximum Gasteiger partial charge on any atom is 0.245 e. The van der Waals surface area contributed by atoms with Crippen molar-refractivity contribution in [2.75, 3.05) is 62.7 Å². The number of piperidine rings is 1. The lowest BCUT2D eigenvalue weighted by atomic mass is 10.0. The van der Waals surface area contributed by atoms with Gasteiger partial charge < -0.3 is 29.9 Å². The summed E-state index contributed by atoms with van der Waals surface area (Å²) in [6.45, 7) is 8.06. The molecule has 2 amide bonds. The molecule has 0 aliphatic carbocycles. The molecule has 4 aliphatic heterocycles. The zero-order chi connectivity index (χ0) is 32.3. The number of piperazine rings is 1. The van der Waals surface area contributed by atoms with Crippen LogP contribution in [-0.2, 0) is 14.3 Å². The summed E-state index contributed by atoms with van der Waals surface area (Å²) in [5, 5.41) is 5.96. The Hall–Kier alpha value is -4.36. The molecule has 4 saturated heterocycles. The highest BCUT2D eigenvalue weighted by Gasteiger charge is 2.37. The minimum absolute atomic E-state index is 0.0517. The Balaban J connectivity index is 0.930. The third-order valence-corrected chi connectivity index (χ3v) is 9.60. The Labute approximate surface area is 273 Å². The fourth-order valence-corrected chi connectivity index (χ4v) is 6.86. The van der Waals surface area contributed by atoms with Gasteiger partial charge in [0.25, 0.3) is 0 Å². The standard InChI is InChI=1S/C34H41FN8O4/c1-22-18-23(2-8-29(22)47-30-10-12-43(19-27(30)35)33(45)28-7-9-31(44)39-28)32-36-21-37-34(40-32)38-24-3-5-25(6-4-24)41-13-15-42(16-14-41)26-11-17-46-20-26/h2-6,8,18,21,26-28,30H,7,9-17,19-20H2,1H3,(H,39,44)(H,36,37,38,40)/t26?,27-,28+,30?/m1/s1. The first-order valence-electron chi connectivity index (χ1n) is 16.5. The minimum Gasteiger partial charge on any atom is -0.487 e. The van der Waals surface area contributed by atoms with Gasteiger partial charge in [-0.25, -0.2) is 14.4 Å². The van der Waals surface area contributed by atoms with Crippen molar-refractivity contribution in [3.05, 3.63) is 54.4 Å². The summed E-state index contributed by atoms with van der Waals surface area (Å²) in [6.07, 6.45) is 1.76. The number of amides is 2. The number of rotatable bonds is 8. The quantitative estimate of drug-likeness (QED) is 0.378. The Morgan fingerprint density at radius 1 is 1.04 bits per heavy atom. The highest BCUT2D eigenvalue weighted by molar-refractivity contribution is 5.90. The second-order valence-electron chi connectivity index (χ2n) is 12.7. The normalized spacial score (nSPS) is 25.1. The summed E-state index contributed by atoms with van der Waals surface area (Å²) >= 11 is 0. The lowest BCUT2D eigenvalue weighted by Crippen LogP contribution is -2.53. The van der Waals surface area contributed by atoms with Crippen molar-refractivity contribution in [3.63, 3.8) is 0 Å². The molecule has 12 nitrogen and oxygen atoms in total. The molecule has 7 rings (SSSR count).